The minimum absolute atomic E-state index is 0.00138. The van der Waals surface area contributed by atoms with E-state index >= 15 is 0 Å². The number of oxazole rings is 1. The maximum absolute atomic E-state index is 11.3. The minimum Gasteiger partial charge on any atom is -0.462 e. The maximum Gasteiger partial charge on any atom is 0.339 e. The van der Waals surface area contributed by atoms with Gasteiger partial charge in [0.2, 0.25) is 0 Å². The summed E-state index contributed by atoms with van der Waals surface area (Å²) in [5.74, 6) is -0.445. The molecule has 0 amide bonds. The SMILES string of the molecule is CCOC(=O)c1cnc2nc(Cl)oc2c1. The van der Waals surface area contributed by atoms with Crippen molar-refractivity contribution in [2.24, 2.45) is 0 Å². The summed E-state index contributed by atoms with van der Waals surface area (Å²) in [7, 11) is 0. The van der Waals surface area contributed by atoms with E-state index in [0.29, 0.717) is 23.4 Å². The number of halogens is 1. The molecule has 6 heteroatoms. The molecule has 0 aliphatic carbocycles. The lowest BCUT2D eigenvalue weighted by Gasteiger charge is -1.99. The molecule has 2 rings (SSSR count). The highest BCUT2D eigenvalue weighted by atomic mass is 35.5. The molecule has 0 saturated heterocycles. The average Bonchev–Trinajstić information content (AvgIpc) is 2.57. The van der Waals surface area contributed by atoms with Gasteiger partial charge in [-0.25, -0.2) is 9.78 Å². The molecule has 0 aliphatic rings. The van der Waals surface area contributed by atoms with E-state index in [1.807, 2.05) is 0 Å². The van der Waals surface area contributed by atoms with Crippen LogP contribution in [0.25, 0.3) is 11.2 Å². The molecular formula is C9H7ClN2O3. The second-order valence-corrected chi connectivity index (χ2v) is 3.06. The first-order valence-electron chi connectivity index (χ1n) is 4.30. The summed E-state index contributed by atoms with van der Waals surface area (Å²) < 4.78 is 9.83. The van der Waals surface area contributed by atoms with Crippen molar-refractivity contribution in [3.8, 4) is 0 Å². The number of rotatable bonds is 2. The number of fused-ring (bicyclic) bond motifs is 1. The molecule has 15 heavy (non-hydrogen) atoms. The third kappa shape index (κ3) is 1.92. The summed E-state index contributed by atoms with van der Waals surface area (Å²) in [4.78, 5) is 19.0. The lowest BCUT2D eigenvalue weighted by molar-refractivity contribution is 0.0526. The Morgan fingerprint density at radius 2 is 2.47 bits per heavy atom. The van der Waals surface area contributed by atoms with E-state index in [1.165, 1.54) is 12.3 Å². The van der Waals surface area contributed by atoms with Gasteiger partial charge in [0.15, 0.2) is 11.2 Å². The second kappa shape index (κ2) is 3.86. The van der Waals surface area contributed by atoms with Crippen molar-refractivity contribution in [2.75, 3.05) is 6.61 Å². The highest BCUT2D eigenvalue weighted by Crippen LogP contribution is 2.18. The Morgan fingerprint density at radius 3 is 3.20 bits per heavy atom. The van der Waals surface area contributed by atoms with Gasteiger partial charge in [-0.2, -0.15) is 4.98 Å². The zero-order valence-corrected chi connectivity index (χ0v) is 8.61. The van der Waals surface area contributed by atoms with Crippen molar-refractivity contribution in [1.29, 1.82) is 0 Å². The van der Waals surface area contributed by atoms with E-state index in [1.54, 1.807) is 6.92 Å². The lowest BCUT2D eigenvalue weighted by atomic mass is 10.3. The van der Waals surface area contributed by atoms with Gasteiger partial charge in [-0.05, 0) is 18.5 Å². The summed E-state index contributed by atoms with van der Waals surface area (Å²) in [6.07, 6.45) is 1.37. The minimum atomic E-state index is -0.445. The van der Waals surface area contributed by atoms with Gasteiger partial charge in [0.1, 0.15) is 0 Å². The van der Waals surface area contributed by atoms with Crippen LogP contribution in [-0.2, 0) is 4.74 Å². The van der Waals surface area contributed by atoms with Crippen LogP contribution < -0.4 is 0 Å². The summed E-state index contributed by atoms with van der Waals surface area (Å²) in [5.41, 5.74) is 1.05. The Hall–Kier alpha value is -1.62. The number of carbonyl (C=O) groups excluding carboxylic acids is 1. The third-order valence-electron chi connectivity index (χ3n) is 1.73. The monoisotopic (exact) mass is 226 g/mol. The number of pyridine rings is 1. The van der Waals surface area contributed by atoms with Crippen LogP contribution in [-0.4, -0.2) is 22.5 Å². The maximum atomic E-state index is 11.3. The highest BCUT2D eigenvalue weighted by Gasteiger charge is 2.11. The summed E-state index contributed by atoms with van der Waals surface area (Å²) in [5, 5.41) is -0.00138. The molecule has 0 radical (unpaired) electrons. The quantitative estimate of drug-likeness (QED) is 0.734. The topological polar surface area (TPSA) is 65.2 Å². The number of hydrogen-bond donors (Lipinski definition) is 0. The van der Waals surface area contributed by atoms with Crippen molar-refractivity contribution in [3.05, 3.63) is 23.2 Å². The molecule has 5 nitrogen and oxygen atoms in total. The fourth-order valence-electron chi connectivity index (χ4n) is 1.12. The summed E-state index contributed by atoms with van der Waals surface area (Å²) >= 11 is 5.54. The van der Waals surface area contributed by atoms with Crippen molar-refractivity contribution in [2.45, 2.75) is 6.92 Å². The van der Waals surface area contributed by atoms with Crippen LogP contribution in [0.3, 0.4) is 0 Å². The molecule has 0 spiro atoms. The predicted octanol–water partition coefficient (Wildman–Crippen LogP) is 2.05. The van der Waals surface area contributed by atoms with Gasteiger partial charge in [-0.15, -0.1) is 0 Å². The smallest absolute Gasteiger partial charge is 0.339 e. The molecule has 2 aromatic heterocycles. The van der Waals surface area contributed by atoms with Crippen molar-refractivity contribution >= 4 is 28.8 Å². The zero-order chi connectivity index (χ0) is 10.8. The summed E-state index contributed by atoms with van der Waals surface area (Å²) in [6.45, 7) is 2.04. The molecule has 0 atom stereocenters. The molecule has 2 heterocycles. The first-order chi connectivity index (χ1) is 7.20. The predicted molar refractivity (Wildman–Crippen MR) is 52.8 cm³/mol. The van der Waals surface area contributed by atoms with E-state index in [9.17, 15) is 4.79 Å². The van der Waals surface area contributed by atoms with E-state index in [4.69, 9.17) is 20.8 Å². The van der Waals surface area contributed by atoms with E-state index < -0.39 is 5.97 Å². The Labute approximate surface area is 90.0 Å². The molecule has 0 aliphatic heterocycles. The fourth-order valence-corrected chi connectivity index (χ4v) is 1.28. The largest absolute Gasteiger partial charge is 0.462 e. The van der Waals surface area contributed by atoms with Crippen LogP contribution in [0.5, 0.6) is 0 Å². The third-order valence-corrected chi connectivity index (χ3v) is 1.89. The van der Waals surface area contributed by atoms with Crippen molar-refractivity contribution in [1.82, 2.24) is 9.97 Å². The molecule has 2 aromatic rings. The molecule has 0 N–H and O–H groups in total. The van der Waals surface area contributed by atoms with Gasteiger partial charge in [0, 0.05) is 12.3 Å². The van der Waals surface area contributed by atoms with Gasteiger partial charge in [-0.3, -0.25) is 0 Å². The molecule has 0 unspecified atom stereocenters. The highest BCUT2D eigenvalue weighted by molar-refractivity contribution is 6.28. The van der Waals surface area contributed by atoms with Crippen molar-refractivity contribution < 1.29 is 13.9 Å². The fraction of sp³-hybridized carbons (Fsp3) is 0.222. The Morgan fingerprint density at radius 1 is 1.67 bits per heavy atom. The van der Waals surface area contributed by atoms with E-state index in [2.05, 4.69) is 9.97 Å². The summed E-state index contributed by atoms with van der Waals surface area (Å²) in [6, 6.07) is 1.50. The molecular weight excluding hydrogens is 220 g/mol. The van der Waals surface area contributed by atoms with Gasteiger partial charge >= 0.3 is 5.97 Å². The Bertz CT molecular complexity index is 509. The Kier molecular flexibility index (Phi) is 2.55. The number of carbonyl (C=O) groups is 1. The number of hydrogen-bond acceptors (Lipinski definition) is 5. The van der Waals surface area contributed by atoms with Gasteiger partial charge < -0.3 is 9.15 Å². The lowest BCUT2D eigenvalue weighted by Crippen LogP contribution is -2.04. The van der Waals surface area contributed by atoms with Crippen LogP contribution in [0.15, 0.2) is 16.7 Å². The van der Waals surface area contributed by atoms with Crippen molar-refractivity contribution in [3.63, 3.8) is 0 Å². The normalized spacial score (nSPS) is 10.5. The van der Waals surface area contributed by atoms with Gasteiger partial charge in [-0.1, -0.05) is 0 Å². The van der Waals surface area contributed by atoms with Gasteiger partial charge in [0.25, 0.3) is 5.35 Å². The molecule has 0 saturated carbocycles. The average molecular weight is 227 g/mol. The Balaban J connectivity index is 2.41. The second-order valence-electron chi connectivity index (χ2n) is 2.73. The standard InChI is InChI=1S/C9H7ClN2O3/c1-2-14-8(13)5-3-6-7(11-4-5)12-9(10)15-6/h3-4H,2H2,1H3. The van der Waals surface area contributed by atoms with Crippen LogP contribution in [0.4, 0.5) is 0 Å². The molecule has 78 valence electrons. The molecule has 0 fully saturated rings. The molecule has 0 aromatic carbocycles. The van der Waals surface area contributed by atoms with Gasteiger partial charge in [0.05, 0.1) is 12.2 Å². The van der Waals surface area contributed by atoms with Crippen LogP contribution in [0.1, 0.15) is 17.3 Å². The number of nitrogens with zero attached hydrogens (tertiary/aromatic N) is 2. The van der Waals surface area contributed by atoms with Crippen LogP contribution >= 0.6 is 11.6 Å². The molecule has 0 bridgehead atoms. The van der Waals surface area contributed by atoms with E-state index in [0.717, 1.165) is 0 Å². The first-order valence-corrected chi connectivity index (χ1v) is 4.67. The van der Waals surface area contributed by atoms with Crippen LogP contribution in [0, 0.1) is 0 Å². The number of ether oxygens (including phenoxy) is 1. The number of aromatic nitrogens is 2. The van der Waals surface area contributed by atoms with E-state index in [-0.39, 0.29) is 5.35 Å². The number of esters is 1. The zero-order valence-electron chi connectivity index (χ0n) is 7.86. The first kappa shape index (κ1) is 9.92. The van der Waals surface area contributed by atoms with Crippen LogP contribution in [0.2, 0.25) is 5.35 Å².